The van der Waals surface area contributed by atoms with Gasteiger partial charge in [-0.3, -0.25) is 4.90 Å². The van der Waals surface area contributed by atoms with E-state index in [1.165, 1.54) is 5.57 Å². The maximum atomic E-state index is 10.5. The van der Waals surface area contributed by atoms with Crippen molar-refractivity contribution in [3.05, 3.63) is 76.9 Å². The number of allylic oxidation sites excluding steroid dienone is 1. The molecular formula is C24H26ClNO2. The average Bonchev–Trinajstić information content (AvgIpc) is 3.07. The first kappa shape index (κ1) is 19.3. The van der Waals surface area contributed by atoms with E-state index in [2.05, 4.69) is 24.0 Å². The van der Waals surface area contributed by atoms with Crippen molar-refractivity contribution in [3.8, 4) is 16.9 Å². The number of hydrogen-bond acceptors (Lipinski definition) is 3. The van der Waals surface area contributed by atoms with Crippen molar-refractivity contribution < 1.29 is 9.84 Å². The molecule has 2 atom stereocenters. The standard InChI is InChI=1S/C24H26ClNO2/c1-17-8-9-20-14-26(11-10-24(17)20)15-22(27)16-28-23-7-3-5-19(13-23)18-4-2-6-21(25)12-18/h2-9,12-13,17,22,27H,10-11,14-16H2,1H3. The topological polar surface area (TPSA) is 32.7 Å². The van der Waals surface area contributed by atoms with Crippen LogP contribution >= 0.6 is 11.6 Å². The number of hydrogen-bond donors (Lipinski definition) is 1. The SMILES string of the molecule is CC1C=CC2=C1CCN(CC(O)COc1cccc(-c3cccc(Cl)c3)c1)C2. The maximum Gasteiger partial charge on any atom is 0.120 e. The van der Waals surface area contributed by atoms with Crippen molar-refractivity contribution >= 4 is 11.6 Å². The number of ether oxygens (including phenoxy) is 1. The highest BCUT2D eigenvalue weighted by Gasteiger charge is 2.24. The molecule has 3 nitrogen and oxygen atoms in total. The largest absolute Gasteiger partial charge is 0.491 e. The zero-order valence-electron chi connectivity index (χ0n) is 16.1. The molecule has 0 amide bonds. The van der Waals surface area contributed by atoms with E-state index in [0.717, 1.165) is 36.4 Å². The molecule has 2 aromatic carbocycles. The monoisotopic (exact) mass is 395 g/mol. The van der Waals surface area contributed by atoms with Gasteiger partial charge in [0.2, 0.25) is 0 Å². The van der Waals surface area contributed by atoms with Crippen LogP contribution in [0.1, 0.15) is 13.3 Å². The average molecular weight is 396 g/mol. The molecular weight excluding hydrogens is 370 g/mol. The summed E-state index contributed by atoms with van der Waals surface area (Å²) in [6, 6.07) is 15.7. The van der Waals surface area contributed by atoms with Gasteiger partial charge >= 0.3 is 0 Å². The second-order valence-electron chi connectivity index (χ2n) is 7.69. The molecule has 1 aliphatic heterocycles. The third-order valence-electron chi connectivity index (χ3n) is 5.54. The van der Waals surface area contributed by atoms with Gasteiger partial charge in [0.1, 0.15) is 18.5 Å². The minimum absolute atomic E-state index is 0.285. The number of aliphatic hydroxyl groups excluding tert-OH is 1. The Bertz CT molecular complexity index is 905. The summed E-state index contributed by atoms with van der Waals surface area (Å²) in [6.45, 7) is 5.11. The van der Waals surface area contributed by atoms with Crippen LogP contribution in [0.25, 0.3) is 11.1 Å². The van der Waals surface area contributed by atoms with Gasteiger partial charge in [-0.15, -0.1) is 0 Å². The summed E-state index contributed by atoms with van der Waals surface area (Å²) in [6.07, 6.45) is 5.11. The highest BCUT2D eigenvalue weighted by Crippen LogP contribution is 2.31. The fraction of sp³-hybridized carbons (Fsp3) is 0.333. The van der Waals surface area contributed by atoms with E-state index in [4.69, 9.17) is 16.3 Å². The van der Waals surface area contributed by atoms with Gasteiger partial charge in [0.05, 0.1) is 0 Å². The molecule has 146 valence electrons. The van der Waals surface area contributed by atoms with Gasteiger partial charge in [0.25, 0.3) is 0 Å². The lowest BCUT2D eigenvalue weighted by Crippen LogP contribution is -2.39. The van der Waals surface area contributed by atoms with Crippen LogP contribution in [-0.4, -0.2) is 42.4 Å². The van der Waals surface area contributed by atoms with Gasteiger partial charge in [-0.25, -0.2) is 0 Å². The van der Waals surface area contributed by atoms with Crippen molar-refractivity contribution in [2.24, 2.45) is 5.92 Å². The Morgan fingerprint density at radius 1 is 1.18 bits per heavy atom. The molecule has 4 heteroatoms. The lowest BCUT2D eigenvalue weighted by atomic mass is 9.95. The van der Waals surface area contributed by atoms with E-state index >= 15 is 0 Å². The van der Waals surface area contributed by atoms with E-state index < -0.39 is 6.10 Å². The summed E-state index contributed by atoms with van der Waals surface area (Å²) in [5, 5.41) is 11.2. The normalized spacial score (nSPS) is 20.3. The van der Waals surface area contributed by atoms with E-state index in [0.29, 0.717) is 17.5 Å². The zero-order valence-corrected chi connectivity index (χ0v) is 16.9. The Morgan fingerprint density at radius 3 is 2.79 bits per heavy atom. The molecule has 28 heavy (non-hydrogen) atoms. The Labute approximate surface area is 171 Å². The number of benzene rings is 2. The first-order chi connectivity index (χ1) is 13.6. The predicted octanol–water partition coefficient (Wildman–Crippen LogP) is 4.95. The fourth-order valence-corrected chi connectivity index (χ4v) is 4.24. The van der Waals surface area contributed by atoms with Crippen LogP contribution < -0.4 is 4.74 Å². The van der Waals surface area contributed by atoms with Crippen LogP contribution in [0.5, 0.6) is 5.75 Å². The molecule has 0 spiro atoms. The predicted molar refractivity (Wildman–Crippen MR) is 115 cm³/mol. The molecule has 2 aromatic rings. The maximum absolute atomic E-state index is 10.5. The smallest absolute Gasteiger partial charge is 0.120 e. The minimum atomic E-state index is -0.514. The molecule has 0 radical (unpaired) electrons. The number of halogens is 1. The van der Waals surface area contributed by atoms with Crippen LogP contribution in [0.3, 0.4) is 0 Å². The molecule has 2 aliphatic rings. The molecule has 0 bridgehead atoms. The number of rotatable bonds is 6. The lowest BCUT2D eigenvalue weighted by molar-refractivity contribution is 0.0700. The Hall–Kier alpha value is -2.07. The number of nitrogens with zero attached hydrogens (tertiary/aromatic N) is 1. The summed E-state index contributed by atoms with van der Waals surface area (Å²) < 4.78 is 5.87. The van der Waals surface area contributed by atoms with Crippen molar-refractivity contribution in [1.82, 2.24) is 4.90 Å². The summed E-state index contributed by atoms with van der Waals surface area (Å²) in [5.74, 6) is 1.34. The Morgan fingerprint density at radius 2 is 1.96 bits per heavy atom. The molecule has 1 heterocycles. The van der Waals surface area contributed by atoms with Crippen LogP contribution in [0, 0.1) is 5.92 Å². The molecule has 4 rings (SSSR count). The number of β-amino-alcohol motifs (C(OH)–C–C–N with tert-alkyl or cyclic N) is 1. The van der Waals surface area contributed by atoms with E-state index in [1.807, 2.05) is 48.5 Å². The van der Waals surface area contributed by atoms with Crippen molar-refractivity contribution in [1.29, 1.82) is 0 Å². The Kier molecular flexibility index (Phi) is 5.86. The lowest BCUT2D eigenvalue weighted by Gasteiger charge is -2.30. The molecule has 0 saturated carbocycles. The molecule has 0 aromatic heterocycles. The van der Waals surface area contributed by atoms with E-state index in [1.54, 1.807) is 5.57 Å². The highest BCUT2D eigenvalue weighted by atomic mass is 35.5. The molecule has 0 fully saturated rings. The van der Waals surface area contributed by atoms with Gasteiger partial charge in [-0.2, -0.15) is 0 Å². The summed E-state index contributed by atoms with van der Waals surface area (Å²) >= 11 is 6.10. The number of aliphatic hydroxyl groups is 1. The van der Waals surface area contributed by atoms with Crippen LogP contribution in [0.15, 0.2) is 71.8 Å². The zero-order chi connectivity index (χ0) is 19.5. The fourth-order valence-electron chi connectivity index (χ4n) is 4.05. The summed E-state index contributed by atoms with van der Waals surface area (Å²) in [7, 11) is 0. The molecule has 1 N–H and O–H groups in total. The van der Waals surface area contributed by atoms with Crippen molar-refractivity contribution in [2.45, 2.75) is 19.4 Å². The van der Waals surface area contributed by atoms with E-state index in [-0.39, 0.29) is 6.61 Å². The van der Waals surface area contributed by atoms with Crippen molar-refractivity contribution in [3.63, 3.8) is 0 Å². The van der Waals surface area contributed by atoms with Gasteiger partial charge in [-0.05, 0) is 53.3 Å². The van der Waals surface area contributed by atoms with E-state index in [9.17, 15) is 5.11 Å². The Balaban J connectivity index is 1.32. The van der Waals surface area contributed by atoms with Gasteiger partial charge in [0, 0.05) is 24.7 Å². The first-order valence-corrected chi connectivity index (χ1v) is 10.3. The van der Waals surface area contributed by atoms with Crippen molar-refractivity contribution in [2.75, 3.05) is 26.2 Å². The van der Waals surface area contributed by atoms with Crippen LogP contribution in [0.2, 0.25) is 5.02 Å². The minimum Gasteiger partial charge on any atom is -0.491 e. The molecule has 1 aliphatic carbocycles. The second kappa shape index (κ2) is 8.52. The quantitative estimate of drug-likeness (QED) is 0.750. The van der Waals surface area contributed by atoms with Crippen LogP contribution in [-0.2, 0) is 0 Å². The van der Waals surface area contributed by atoms with Crippen LogP contribution in [0.4, 0.5) is 0 Å². The second-order valence-corrected chi connectivity index (χ2v) is 8.12. The highest BCUT2D eigenvalue weighted by molar-refractivity contribution is 6.30. The molecule has 2 unspecified atom stereocenters. The third-order valence-corrected chi connectivity index (χ3v) is 5.78. The summed E-state index contributed by atoms with van der Waals surface area (Å²) in [4.78, 5) is 2.32. The van der Waals surface area contributed by atoms with Gasteiger partial charge in [-0.1, -0.05) is 60.5 Å². The molecule has 0 saturated heterocycles. The third kappa shape index (κ3) is 4.49. The first-order valence-electron chi connectivity index (χ1n) is 9.88. The van der Waals surface area contributed by atoms with Gasteiger partial charge in [0.15, 0.2) is 0 Å². The summed E-state index contributed by atoms with van der Waals surface area (Å²) in [5.41, 5.74) is 5.10. The van der Waals surface area contributed by atoms with Gasteiger partial charge < -0.3 is 9.84 Å².